The smallest absolute Gasteiger partial charge is 0.264 e. The maximum absolute atomic E-state index is 13.9. The van der Waals surface area contributed by atoms with E-state index in [1.807, 2.05) is 44.2 Å². The van der Waals surface area contributed by atoms with E-state index in [-0.39, 0.29) is 23.0 Å². The van der Waals surface area contributed by atoms with Gasteiger partial charge in [-0.15, -0.1) is 0 Å². The van der Waals surface area contributed by atoms with Crippen LogP contribution in [-0.2, 0) is 26.0 Å². The number of carbonyl (C=O) groups excluding carboxylic acids is 2. The van der Waals surface area contributed by atoms with Gasteiger partial charge in [0, 0.05) is 18.1 Å². The molecule has 2 amide bonds. The Morgan fingerprint density at radius 3 is 2.26 bits per heavy atom. The van der Waals surface area contributed by atoms with Crippen molar-refractivity contribution >= 4 is 39.1 Å². The molecule has 39 heavy (non-hydrogen) atoms. The number of nitrogens with one attached hydrogen (secondary N) is 1. The Hall–Kier alpha value is -3.56. The number of nitrogens with zero attached hydrogens (tertiary/aromatic N) is 2. The van der Waals surface area contributed by atoms with Crippen LogP contribution in [0.3, 0.4) is 0 Å². The van der Waals surface area contributed by atoms with E-state index in [1.165, 1.54) is 30.2 Å². The van der Waals surface area contributed by atoms with E-state index in [0.717, 1.165) is 9.87 Å². The summed E-state index contributed by atoms with van der Waals surface area (Å²) in [7, 11) is -2.69. The predicted octanol–water partition coefficient (Wildman–Crippen LogP) is 4.53. The van der Waals surface area contributed by atoms with Crippen molar-refractivity contribution in [3.8, 4) is 5.75 Å². The van der Waals surface area contributed by atoms with Crippen LogP contribution in [0.2, 0.25) is 5.02 Å². The van der Waals surface area contributed by atoms with E-state index in [0.29, 0.717) is 30.2 Å². The van der Waals surface area contributed by atoms with E-state index >= 15 is 0 Å². The molecule has 1 atom stereocenters. The van der Waals surface area contributed by atoms with Crippen molar-refractivity contribution in [2.24, 2.45) is 0 Å². The molecular weight excluding hydrogens is 538 g/mol. The molecule has 208 valence electrons. The third kappa shape index (κ3) is 7.74. The number of amides is 2. The lowest BCUT2D eigenvalue weighted by Crippen LogP contribution is -2.53. The Labute approximate surface area is 235 Å². The molecule has 8 nitrogen and oxygen atoms in total. The zero-order valence-corrected chi connectivity index (χ0v) is 23.9. The average Bonchev–Trinajstić information content (AvgIpc) is 2.94. The minimum absolute atomic E-state index is 0.0114. The molecule has 0 saturated heterocycles. The number of benzene rings is 3. The number of anilines is 1. The summed E-state index contributed by atoms with van der Waals surface area (Å²) < 4.78 is 33.9. The second-order valence-electron chi connectivity index (χ2n) is 8.81. The molecule has 0 unspecified atom stereocenters. The van der Waals surface area contributed by atoms with Gasteiger partial charge >= 0.3 is 0 Å². The minimum atomic E-state index is -4.18. The fourth-order valence-electron chi connectivity index (χ4n) is 4.22. The topological polar surface area (TPSA) is 96.0 Å². The van der Waals surface area contributed by atoms with Crippen LogP contribution < -0.4 is 14.4 Å². The Morgan fingerprint density at radius 2 is 1.67 bits per heavy atom. The first-order valence-corrected chi connectivity index (χ1v) is 14.6. The Bertz CT molecular complexity index is 1350. The van der Waals surface area contributed by atoms with Gasteiger partial charge in [-0.3, -0.25) is 13.9 Å². The molecule has 10 heteroatoms. The van der Waals surface area contributed by atoms with Crippen LogP contribution in [0.15, 0.2) is 83.8 Å². The quantitative estimate of drug-likeness (QED) is 0.325. The van der Waals surface area contributed by atoms with E-state index in [1.54, 1.807) is 30.3 Å². The lowest BCUT2D eigenvalue weighted by Gasteiger charge is -2.33. The molecule has 0 aliphatic rings. The van der Waals surface area contributed by atoms with Gasteiger partial charge in [0.05, 0.1) is 17.7 Å². The molecule has 0 saturated carbocycles. The SMILES string of the molecule is CCNC(=O)[C@@H](CC)N(CCc1ccccc1)C(=O)CN(c1cccc(Cl)c1)S(=O)(=O)c1ccc(OC)cc1. The molecule has 0 heterocycles. The van der Waals surface area contributed by atoms with Crippen molar-refractivity contribution in [2.75, 3.05) is 31.0 Å². The van der Waals surface area contributed by atoms with Crippen LogP contribution in [0, 0.1) is 0 Å². The molecule has 0 radical (unpaired) electrons. The lowest BCUT2D eigenvalue weighted by atomic mass is 10.1. The Morgan fingerprint density at radius 1 is 0.974 bits per heavy atom. The summed E-state index contributed by atoms with van der Waals surface area (Å²) in [4.78, 5) is 28.3. The number of ether oxygens (including phenoxy) is 1. The molecule has 0 fully saturated rings. The van der Waals surface area contributed by atoms with Crippen LogP contribution >= 0.6 is 11.6 Å². The minimum Gasteiger partial charge on any atom is -0.497 e. The van der Waals surface area contributed by atoms with Crippen LogP contribution in [0.4, 0.5) is 5.69 Å². The maximum Gasteiger partial charge on any atom is 0.264 e. The van der Waals surface area contributed by atoms with Gasteiger partial charge in [-0.2, -0.15) is 0 Å². The van der Waals surface area contributed by atoms with Crippen molar-refractivity contribution in [2.45, 2.75) is 37.6 Å². The third-order valence-electron chi connectivity index (χ3n) is 6.24. The molecule has 0 aromatic heterocycles. The highest BCUT2D eigenvalue weighted by Crippen LogP contribution is 2.27. The average molecular weight is 572 g/mol. The molecular formula is C29H34ClN3O5S. The normalized spacial score (nSPS) is 11.9. The first-order valence-electron chi connectivity index (χ1n) is 12.7. The van der Waals surface area contributed by atoms with Gasteiger partial charge in [-0.05, 0) is 67.8 Å². The van der Waals surface area contributed by atoms with Crippen molar-refractivity contribution in [3.05, 3.63) is 89.4 Å². The van der Waals surface area contributed by atoms with Crippen molar-refractivity contribution in [3.63, 3.8) is 0 Å². The zero-order valence-electron chi connectivity index (χ0n) is 22.3. The van der Waals surface area contributed by atoms with E-state index in [2.05, 4.69) is 5.32 Å². The monoisotopic (exact) mass is 571 g/mol. The van der Waals surface area contributed by atoms with Gasteiger partial charge in [0.25, 0.3) is 10.0 Å². The molecule has 1 N–H and O–H groups in total. The molecule has 3 aromatic carbocycles. The third-order valence-corrected chi connectivity index (χ3v) is 8.27. The predicted molar refractivity (Wildman–Crippen MR) is 154 cm³/mol. The van der Waals surface area contributed by atoms with Gasteiger partial charge < -0.3 is 15.0 Å². The van der Waals surface area contributed by atoms with E-state index < -0.39 is 28.5 Å². The summed E-state index contributed by atoms with van der Waals surface area (Å²) in [6.07, 6.45) is 0.875. The number of likely N-dealkylation sites (N-methyl/N-ethyl adjacent to an activating group) is 1. The fourth-order valence-corrected chi connectivity index (χ4v) is 5.81. The molecule has 0 bridgehead atoms. The van der Waals surface area contributed by atoms with Crippen LogP contribution in [0.25, 0.3) is 0 Å². The van der Waals surface area contributed by atoms with Crippen molar-refractivity contribution in [1.29, 1.82) is 0 Å². The molecule has 0 aliphatic carbocycles. The molecule has 3 aromatic rings. The Balaban J connectivity index is 2.00. The summed E-state index contributed by atoms with van der Waals surface area (Å²) in [5.74, 6) is -0.283. The van der Waals surface area contributed by atoms with E-state index in [4.69, 9.17) is 16.3 Å². The first kappa shape index (κ1) is 30.0. The molecule has 0 aliphatic heterocycles. The standard InChI is InChI=1S/C29H34ClN3O5S/c1-4-27(29(35)31-5-2)32(19-18-22-10-7-6-8-11-22)28(34)21-33(24-13-9-12-23(30)20-24)39(36,37)26-16-14-25(38-3)15-17-26/h6-17,20,27H,4-5,18-19,21H2,1-3H3,(H,31,35)/t27-/m1/s1. The summed E-state index contributed by atoms with van der Waals surface area (Å²) in [5.41, 5.74) is 1.24. The zero-order chi connectivity index (χ0) is 28.4. The lowest BCUT2D eigenvalue weighted by molar-refractivity contribution is -0.139. The molecule has 0 spiro atoms. The van der Waals surface area contributed by atoms with Gasteiger partial charge in [-0.25, -0.2) is 8.42 Å². The van der Waals surface area contributed by atoms with Gasteiger partial charge in [-0.1, -0.05) is 54.9 Å². The van der Waals surface area contributed by atoms with Crippen molar-refractivity contribution < 1.29 is 22.7 Å². The van der Waals surface area contributed by atoms with Gasteiger partial charge in [0.15, 0.2) is 0 Å². The highest BCUT2D eigenvalue weighted by atomic mass is 35.5. The largest absolute Gasteiger partial charge is 0.497 e. The second-order valence-corrected chi connectivity index (χ2v) is 11.1. The van der Waals surface area contributed by atoms with Crippen LogP contribution in [-0.4, -0.2) is 57.9 Å². The summed E-state index contributed by atoms with van der Waals surface area (Å²) in [6.45, 7) is 3.77. The van der Waals surface area contributed by atoms with Gasteiger partial charge in [0.1, 0.15) is 18.3 Å². The number of halogens is 1. The second kappa shape index (κ2) is 14.0. The highest BCUT2D eigenvalue weighted by Gasteiger charge is 2.33. The number of methoxy groups -OCH3 is 1. The van der Waals surface area contributed by atoms with Gasteiger partial charge in [0.2, 0.25) is 11.8 Å². The highest BCUT2D eigenvalue weighted by molar-refractivity contribution is 7.92. The summed E-state index contributed by atoms with van der Waals surface area (Å²) >= 11 is 6.20. The maximum atomic E-state index is 13.9. The summed E-state index contributed by atoms with van der Waals surface area (Å²) in [5, 5.41) is 3.12. The molecule has 3 rings (SSSR count). The first-order chi connectivity index (χ1) is 18.7. The van der Waals surface area contributed by atoms with Crippen LogP contribution in [0.1, 0.15) is 25.8 Å². The number of carbonyl (C=O) groups is 2. The number of rotatable bonds is 13. The van der Waals surface area contributed by atoms with Crippen LogP contribution in [0.5, 0.6) is 5.75 Å². The number of sulfonamides is 1. The number of hydrogen-bond donors (Lipinski definition) is 1. The van der Waals surface area contributed by atoms with Crippen molar-refractivity contribution in [1.82, 2.24) is 10.2 Å². The fraction of sp³-hybridized carbons (Fsp3) is 0.310. The Kier molecular flexibility index (Phi) is 10.8. The number of hydrogen-bond acceptors (Lipinski definition) is 5. The summed E-state index contributed by atoms with van der Waals surface area (Å²) in [6, 6.07) is 21.1. The van der Waals surface area contributed by atoms with E-state index in [9.17, 15) is 18.0 Å².